The number of methoxy groups -OCH3 is 2. The van der Waals surface area contributed by atoms with Gasteiger partial charge in [0.1, 0.15) is 23.2 Å². The minimum absolute atomic E-state index is 0.0832. The van der Waals surface area contributed by atoms with E-state index in [2.05, 4.69) is 4.90 Å². The molecule has 2 aromatic carbocycles. The second-order valence-corrected chi connectivity index (χ2v) is 9.73. The summed E-state index contributed by atoms with van der Waals surface area (Å²) in [6, 6.07) is 8.19. The molecule has 1 saturated heterocycles. The molecule has 1 aliphatic heterocycles. The van der Waals surface area contributed by atoms with Crippen LogP contribution in [0.3, 0.4) is 0 Å². The van der Waals surface area contributed by atoms with Crippen LogP contribution < -0.4 is 9.47 Å². The molecular formula is C27H32N2O7. The number of rotatable bonds is 6. The van der Waals surface area contributed by atoms with Crippen molar-refractivity contribution in [2.75, 3.05) is 40.4 Å². The number of ketones is 1. The summed E-state index contributed by atoms with van der Waals surface area (Å²) in [5.41, 5.74) is 1.34. The zero-order chi connectivity index (χ0) is 26.0. The summed E-state index contributed by atoms with van der Waals surface area (Å²) in [4.78, 5) is 29.7. The van der Waals surface area contributed by atoms with Crippen LogP contribution in [0.2, 0.25) is 0 Å². The van der Waals surface area contributed by atoms with E-state index >= 15 is 0 Å². The maximum Gasteiger partial charge on any atom is 0.410 e. The SMILES string of the molecule is COc1ccc(C(=O)c2coc3ccc(O)c(CN4CCN(C(=O)OC(C)(C)C)CC4)c23)cc1OC. The van der Waals surface area contributed by atoms with Gasteiger partial charge in [-0.25, -0.2) is 4.79 Å². The van der Waals surface area contributed by atoms with Gasteiger partial charge < -0.3 is 28.6 Å². The van der Waals surface area contributed by atoms with Gasteiger partial charge in [0.05, 0.1) is 19.8 Å². The van der Waals surface area contributed by atoms with Gasteiger partial charge in [0.15, 0.2) is 17.3 Å². The second-order valence-electron chi connectivity index (χ2n) is 9.73. The molecule has 9 heteroatoms. The van der Waals surface area contributed by atoms with E-state index in [-0.39, 0.29) is 17.6 Å². The Morgan fingerprint density at radius 1 is 1.00 bits per heavy atom. The van der Waals surface area contributed by atoms with E-state index in [0.717, 1.165) is 0 Å². The van der Waals surface area contributed by atoms with Gasteiger partial charge in [-0.1, -0.05) is 0 Å². The summed E-state index contributed by atoms with van der Waals surface area (Å²) in [7, 11) is 3.05. The van der Waals surface area contributed by atoms with E-state index < -0.39 is 5.60 Å². The predicted octanol–water partition coefficient (Wildman–Crippen LogP) is 4.44. The van der Waals surface area contributed by atoms with Crippen LogP contribution in [0, 0.1) is 0 Å². The number of nitrogens with zero attached hydrogens (tertiary/aromatic N) is 2. The van der Waals surface area contributed by atoms with E-state index in [4.69, 9.17) is 18.6 Å². The molecular weight excluding hydrogens is 464 g/mol. The van der Waals surface area contributed by atoms with Crippen molar-refractivity contribution in [1.82, 2.24) is 9.80 Å². The van der Waals surface area contributed by atoms with Gasteiger partial charge in [0.25, 0.3) is 0 Å². The van der Waals surface area contributed by atoms with E-state index in [1.54, 1.807) is 35.2 Å². The van der Waals surface area contributed by atoms with Crippen molar-refractivity contribution < 1.29 is 33.3 Å². The first-order chi connectivity index (χ1) is 17.1. The lowest BCUT2D eigenvalue weighted by atomic mass is 9.98. The average molecular weight is 497 g/mol. The molecule has 4 rings (SSSR count). The van der Waals surface area contributed by atoms with Crippen molar-refractivity contribution >= 4 is 22.8 Å². The highest BCUT2D eigenvalue weighted by atomic mass is 16.6. The predicted molar refractivity (Wildman–Crippen MR) is 134 cm³/mol. The Hall–Kier alpha value is -3.72. The Labute approximate surface area is 210 Å². The lowest BCUT2D eigenvalue weighted by Crippen LogP contribution is -2.49. The van der Waals surface area contributed by atoms with Crippen molar-refractivity contribution in [2.45, 2.75) is 32.9 Å². The van der Waals surface area contributed by atoms with Gasteiger partial charge in [-0.15, -0.1) is 0 Å². The lowest BCUT2D eigenvalue weighted by molar-refractivity contribution is 0.0138. The molecule has 1 N–H and O–H groups in total. The molecule has 0 atom stereocenters. The van der Waals surface area contributed by atoms with Crippen LogP contribution in [0.25, 0.3) is 11.0 Å². The molecule has 0 bridgehead atoms. The monoisotopic (exact) mass is 496 g/mol. The Balaban J connectivity index is 1.57. The lowest BCUT2D eigenvalue weighted by Gasteiger charge is -2.35. The van der Waals surface area contributed by atoms with Crippen LogP contribution in [0.5, 0.6) is 17.2 Å². The Morgan fingerprint density at radius 3 is 2.33 bits per heavy atom. The second kappa shape index (κ2) is 10.1. The first-order valence-corrected chi connectivity index (χ1v) is 11.8. The number of phenolic OH excluding ortho intramolecular Hbond substituents is 1. The van der Waals surface area contributed by atoms with Crippen LogP contribution in [-0.4, -0.2) is 72.8 Å². The molecule has 192 valence electrons. The highest BCUT2D eigenvalue weighted by Gasteiger charge is 2.28. The molecule has 36 heavy (non-hydrogen) atoms. The molecule has 2 heterocycles. The van der Waals surface area contributed by atoms with Gasteiger partial charge in [-0.2, -0.15) is 0 Å². The standard InChI is InChI=1S/C27H32N2O7/c1-27(2,3)36-26(32)29-12-10-28(11-13-29)15-18-20(30)7-9-22-24(18)19(16-35-22)25(31)17-6-8-21(33-4)23(14-17)34-5/h6-9,14,16,30H,10-13,15H2,1-5H3. The quantitative estimate of drug-likeness (QED) is 0.500. The van der Waals surface area contributed by atoms with Crippen LogP contribution >= 0.6 is 0 Å². The average Bonchev–Trinajstić information content (AvgIpc) is 3.28. The highest BCUT2D eigenvalue weighted by molar-refractivity contribution is 6.17. The van der Waals surface area contributed by atoms with Gasteiger partial charge in [-0.3, -0.25) is 9.69 Å². The zero-order valence-corrected chi connectivity index (χ0v) is 21.3. The van der Waals surface area contributed by atoms with Crippen LogP contribution in [-0.2, 0) is 11.3 Å². The van der Waals surface area contributed by atoms with Gasteiger partial charge in [0, 0.05) is 49.2 Å². The summed E-state index contributed by atoms with van der Waals surface area (Å²) in [6.07, 6.45) is 1.09. The topological polar surface area (TPSA) is 102 Å². The zero-order valence-electron chi connectivity index (χ0n) is 21.3. The van der Waals surface area contributed by atoms with E-state index in [1.807, 2.05) is 20.8 Å². The first kappa shape index (κ1) is 25.4. The molecule has 0 aliphatic carbocycles. The fraction of sp³-hybridized carbons (Fsp3) is 0.407. The summed E-state index contributed by atoms with van der Waals surface area (Å²) in [5, 5.41) is 11.3. The van der Waals surface area contributed by atoms with Gasteiger partial charge in [0.2, 0.25) is 0 Å². The number of furan rings is 1. The number of benzene rings is 2. The molecule has 1 fully saturated rings. The Morgan fingerprint density at radius 2 is 1.69 bits per heavy atom. The third-order valence-corrected chi connectivity index (χ3v) is 6.12. The minimum Gasteiger partial charge on any atom is -0.508 e. The summed E-state index contributed by atoms with van der Waals surface area (Å²) in [5.74, 6) is 0.799. The first-order valence-electron chi connectivity index (χ1n) is 11.8. The summed E-state index contributed by atoms with van der Waals surface area (Å²) >= 11 is 0. The molecule has 9 nitrogen and oxygen atoms in total. The number of ether oxygens (including phenoxy) is 3. The number of hydrogen-bond donors (Lipinski definition) is 1. The Bertz CT molecular complexity index is 1270. The van der Waals surface area contributed by atoms with E-state index in [1.165, 1.54) is 20.5 Å². The smallest absolute Gasteiger partial charge is 0.410 e. The van der Waals surface area contributed by atoms with Crippen molar-refractivity contribution in [2.24, 2.45) is 0 Å². The van der Waals surface area contributed by atoms with Crippen LogP contribution in [0.4, 0.5) is 4.79 Å². The van der Waals surface area contributed by atoms with Crippen LogP contribution in [0.15, 0.2) is 41.0 Å². The third kappa shape index (κ3) is 5.26. The molecule has 3 aromatic rings. The van der Waals surface area contributed by atoms with Gasteiger partial charge in [-0.05, 0) is 51.1 Å². The molecule has 0 spiro atoms. The highest BCUT2D eigenvalue weighted by Crippen LogP contribution is 2.35. The number of amides is 1. The number of phenols is 1. The number of carbonyl (C=O) groups excluding carboxylic acids is 2. The van der Waals surface area contributed by atoms with E-state index in [9.17, 15) is 14.7 Å². The maximum absolute atomic E-state index is 13.5. The summed E-state index contributed by atoms with van der Waals surface area (Å²) in [6.45, 7) is 8.15. The molecule has 1 aliphatic rings. The Kier molecular flexibility index (Phi) is 7.12. The van der Waals surface area contributed by atoms with Crippen LogP contribution in [0.1, 0.15) is 42.3 Å². The number of carbonyl (C=O) groups is 2. The minimum atomic E-state index is -0.548. The fourth-order valence-electron chi connectivity index (χ4n) is 4.29. The molecule has 1 aromatic heterocycles. The number of hydrogen-bond acceptors (Lipinski definition) is 8. The molecule has 0 unspecified atom stereocenters. The number of fused-ring (bicyclic) bond motifs is 1. The van der Waals surface area contributed by atoms with Gasteiger partial charge >= 0.3 is 6.09 Å². The number of aromatic hydroxyl groups is 1. The van der Waals surface area contributed by atoms with E-state index in [0.29, 0.717) is 71.9 Å². The summed E-state index contributed by atoms with van der Waals surface area (Å²) < 4.78 is 21.8. The molecule has 1 amide bonds. The van der Waals surface area contributed by atoms with Crippen molar-refractivity contribution in [3.63, 3.8) is 0 Å². The maximum atomic E-state index is 13.5. The van der Waals surface area contributed by atoms with Crippen molar-refractivity contribution in [3.05, 3.63) is 53.3 Å². The fourth-order valence-corrected chi connectivity index (χ4v) is 4.29. The number of piperazine rings is 1. The third-order valence-electron chi connectivity index (χ3n) is 6.12. The molecule has 0 saturated carbocycles. The van der Waals surface area contributed by atoms with Crippen molar-refractivity contribution in [1.29, 1.82) is 0 Å². The normalized spacial score (nSPS) is 14.6. The molecule has 0 radical (unpaired) electrons. The largest absolute Gasteiger partial charge is 0.508 e. The van der Waals surface area contributed by atoms with Crippen molar-refractivity contribution in [3.8, 4) is 17.2 Å².